The summed E-state index contributed by atoms with van der Waals surface area (Å²) in [6.07, 6.45) is 1.80. The first-order valence-electron chi connectivity index (χ1n) is 6.48. The summed E-state index contributed by atoms with van der Waals surface area (Å²) in [5.41, 5.74) is -0.722. The maximum atomic E-state index is 14.3. The Hall–Kier alpha value is -1.38. The first kappa shape index (κ1) is 15.5. The van der Waals surface area contributed by atoms with E-state index in [2.05, 4.69) is 15.0 Å². The zero-order chi connectivity index (χ0) is 16.1. The van der Waals surface area contributed by atoms with E-state index in [0.717, 1.165) is 0 Å². The molecule has 2 aromatic rings. The molecular weight excluding hydrogens is 331 g/mol. The fraction of sp³-hybridized carbons (Fsp3) is 0.462. The molecule has 0 unspecified atom stereocenters. The van der Waals surface area contributed by atoms with Gasteiger partial charge in [-0.1, -0.05) is 23.4 Å². The second kappa shape index (κ2) is 5.36. The zero-order valence-corrected chi connectivity index (χ0v) is 13.8. The third-order valence-electron chi connectivity index (χ3n) is 3.41. The minimum Gasteiger partial charge on any atom is -0.480 e. The van der Waals surface area contributed by atoms with E-state index in [9.17, 15) is 9.50 Å². The predicted molar refractivity (Wildman–Crippen MR) is 83.5 cm³/mol. The number of aliphatic hydroxyl groups is 1. The van der Waals surface area contributed by atoms with Crippen LogP contribution in [0.4, 0.5) is 10.2 Å². The van der Waals surface area contributed by atoms with Crippen LogP contribution in [-0.4, -0.2) is 52.1 Å². The molecule has 0 spiro atoms. The summed E-state index contributed by atoms with van der Waals surface area (Å²) >= 11 is 7.10. The number of anilines is 1. The molecule has 0 amide bonds. The Morgan fingerprint density at radius 2 is 2.05 bits per heavy atom. The largest absolute Gasteiger partial charge is 0.480 e. The summed E-state index contributed by atoms with van der Waals surface area (Å²) < 4.78 is 19.5. The van der Waals surface area contributed by atoms with Gasteiger partial charge in [-0.25, -0.2) is 14.4 Å². The van der Waals surface area contributed by atoms with E-state index in [1.165, 1.54) is 18.9 Å². The molecule has 0 bridgehead atoms. The van der Waals surface area contributed by atoms with Gasteiger partial charge in [-0.15, -0.1) is 0 Å². The Bertz CT molecular complexity index is 751. The van der Waals surface area contributed by atoms with E-state index in [1.807, 2.05) is 4.90 Å². The van der Waals surface area contributed by atoms with Gasteiger partial charge in [0.15, 0.2) is 16.1 Å². The Kier molecular flexibility index (Phi) is 3.78. The van der Waals surface area contributed by atoms with Crippen molar-refractivity contribution in [2.45, 2.75) is 17.7 Å². The number of β-amino-alcohol motifs (C(OH)–C–C–N with tert-alkyl or cyclic N) is 1. The highest BCUT2D eigenvalue weighted by atomic mass is 35.5. The van der Waals surface area contributed by atoms with Crippen LogP contribution in [0.25, 0.3) is 10.9 Å². The van der Waals surface area contributed by atoms with E-state index < -0.39 is 11.4 Å². The highest BCUT2D eigenvalue weighted by molar-refractivity contribution is 7.98. The number of pyridine rings is 1. The van der Waals surface area contributed by atoms with Crippen LogP contribution in [0.5, 0.6) is 5.88 Å². The maximum absolute atomic E-state index is 14.3. The zero-order valence-electron chi connectivity index (χ0n) is 12.2. The van der Waals surface area contributed by atoms with Crippen molar-refractivity contribution in [1.82, 2.24) is 15.0 Å². The van der Waals surface area contributed by atoms with Gasteiger partial charge in [0, 0.05) is 13.1 Å². The number of aromatic nitrogens is 3. The molecule has 0 aliphatic carbocycles. The van der Waals surface area contributed by atoms with Gasteiger partial charge in [-0.3, -0.25) is 0 Å². The Morgan fingerprint density at radius 3 is 2.59 bits per heavy atom. The van der Waals surface area contributed by atoms with Gasteiger partial charge in [0.1, 0.15) is 16.7 Å². The van der Waals surface area contributed by atoms with Crippen molar-refractivity contribution in [1.29, 1.82) is 0 Å². The molecule has 0 aromatic carbocycles. The second-order valence-electron chi connectivity index (χ2n) is 5.34. The molecule has 22 heavy (non-hydrogen) atoms. The first-order chi connectivity index (χ1) is 10.4. The Morgan fingerprint density at radius 1 is 1.36 bits per heavy atom. The number of fused-ring (bicyclic) bond motifs is 1. The van der Waals surface area contributed by atoms with E-state index in [-0.39, 0.29) is 16.5 Å². The molecule has 1 aliphatic heterocycles. The number of halogens is 2. The highest BCUT2D eigenvalue weighted by Gasteiger charge is 2.39. The van der Waals surface area contributed by atoms with E-state index in [4.69, 9.17) is 16.3 Å². The summed E-state index contributed by atoms with van der Waals surface area (Å²) in [7, 11) is 1.43. The van der Waals surface area contributed by atoms with Gasteiger partial charge in [0.05, 0.1) is 12.7 Å². The lowest BCUT2D eigenvalue weighted by molar-refractivity contribution is 0.0306. The molecule has 1 fully saturated rings. The predicted octanol–water partition coefficient (Wildman–Crippen LogP) is 2.12. The second-order valence-corrected chi connectivity index (χ2v) is 6.47. The van der Waals surface area contributed by atoms with Crippen LogP contribution in [0.15, 0.2) is 5.16 Å². The third-order valence-corrected chi connectivity index (χ3v) is 4.21. The van der Waals surface area contributed by atoms with Crippen LogP contribution >= 0.6 is 23.4 Å². The number of hydrogen-bond donors (Lipinski definition) is 1. The van der Waals surface area contributed by atoms with E-state index >= 15 is 0 Å². The van der Waals surface area contributed by atoms with Crippen molar-refractivity contribution < 1.29 is 14.2 Å². The third kappa shape index (κ3) is 2.45. The molecule has 1 aliphatic rings. The molecule has 3 heterocycles. The summed E-state index contributed by atoms with van der Waals surface area (Å²) in [6.45, 7) is 2.51. The smallest absolute Gasteiger partial charge is 0.228 e. The first-order valence-corrected chi connectivity index (χ1v) is 8.08. The summed E-state index contributed by atoms with van der Waals surface area (Å²) in [4.78, 5) is 14.3. The lowest BCUT2D eigenvalue weighted by Crippen LogP contribution is -2.60. The average molecular weight is 345 g/mol. The van der Waals surface area contributed by atoms with Crippen LogP contribution in [-0.2, 0) is 0 Å². The Balaban J connectivity index is 2.27. The number of hydrogen-bond acceptors (Lipinski definition) is 7. The highest BCUT2D eigenvalue weighted by Crippen LogP contribution is 2.38. The van der Waals surface area contributed by atoms with Gasteiger partial charge in [0.2, 0.25) is 5.88 Å². The van der Waals surface area contributed by atoms with Crippen molar-refractivity contribution in [2.24, 2.45) is 0 Å². The SMILES string of the molecule is COc1nc(Cl)c(F)c2nc(SC)nc(N3CC(C)(O)C3)c12. The van der Waals surface area contributed by atoms with Crippen LogP contribution < -0.4 is 9.64 Å². The normalized spacial score (nSPS) is 16.7. The number of thioether (sulfide) groups is 1. The lowest BCUT2D eigenvalue weighted by atomic mass is 9.96. The lowest BCUT2D eigenvalue weighted by Gasteiger charge is -2.45. The number of ether oxygens (including phenoxy) is 1. The van der Waals surface area contributed by atoms with Crippen molar-refractivity contribution in [3.63, 3.8) is 0 Å². The maximum Gasteiger partial charge on any atom is 0.228 e. The molecule has 3 rings (SSSR count). The summed E-state index contributed by atoms with van der Waals surface area (Å²) in [5.74, 6) is -0.0555. The summed E-state index contributed by atoms with van der Waals surface area (Å²) in [6, 6.07) is 0. The average Bonchev–Trinajstić information content (AvgIpc) is 2.47. The van der Waals surface area contributed by atoms with Crippen LogP contribution in [0, 0.1) is 5.82 Å². The van der Waals surface area contributed by atoms with Crippen molar-refractivity contribution >= 4 is 40.1 Å². The molecular formula is C13H14ClFN4O2S. The standard InChI is InChI=1S/C13H14ClFN4O2S/c1-13(20)4-19(5-13)10-6-8(16-12(18-10)22-3)7(15)9(14)17-11(6)21-2/h20H,4-5H2,1-3H3. The molecule has 0 atom stereocenters. The number of rotatable bonds is 3. The molecule has 1 N–H and O–H groups in total. The fourth-order valence-electron chi connectivity index (χ4n) is 2.47. The van der Waals surface area contributed by atoms with Crippen molar-refractivity contribution in [3.05, 3.63) is 11.0 Å². The molecule has 1 saturated heterocycles. The van der Waals surface area contributed by atoms with E-state index in [1.54, 1.807) is 13.2 Å². The molecule has 0 saturated carbocycles. The Labute approximate surface area is 135 Å². The minimum atomic E-state index is -0.789. The molecule has 0 radical (unpaired) electrons. The van der Waals surface area contributed by atoms with Crippen molar-refractivity contribution in [2.75, 3.05) is 31.4 Å². The van der Waals surface area contributed by atoms with E-state index in [0.29, 0.717) is 29.5 Å². The topological polar surface area (TPSA) is 71.4 Å². The fourth-order valence-corrected chi connectivity index (χ4v) is 3.00. The van der Waals surface area contributed by atoms with Gasteiger partial charge in [-0.2, -0.15) is 4.98 Å². The van der Waals surface area contributed by atoms with Gasteiger partial charge in [0.25, 0.3) is 0 Å². The monoisotopic (exact) mass is 344 g/mol. The quantitative estimate of drug-likeness (QED) is 0.519. The number of methoxy groups -OCH3 is 1. The summed E-state index contributed by atoms with van der Waals surface area (Å²) in [5, 5.41) is 10.4. The van der Waals surface area contributed by atoms with Gasteiger partial charge < -0.3 is 14.7 Å². The molecule has 118 valence electrons. The molecule has 6 nitrogen and oxygen atoms in total. The van der Waals surface area contributed by atoms with Gasteiger partial charge >= 0.3 is 0 Å². The van der Waals surface area contributed by atoms with Crippen LogP contribution in [0.2, 0.25) is 5.15 Å². The van der Waals surface area contributed by atoms with Crippen molar-refractivity contribution in [3.8, 4) is 5.88 Å². The van der Waals surface area contributed by atoms with Crippen LogP contribution in [0.1, 0.15) is 6.92 Å². The van der Waals surface area contributed by atoms with Crippen LogP contribution in [0.3, 0.4) is 0 Å². The molecule has 9 heteroatoms. The minimum absolute atomic E-state index is 0.0674. The molecule has 2 aromatic heterocycles. The number of nitrogens with zero attached hydrogens (tertiary/aromatic N) is 4. The van der Waals surface area contributed by atoms with Gasteiger partial charge in [-0.05, 0) is 13.2 Å².